The molecule has 1 aliphatic rings. The summed E-state index contributed by atoms with van der Waals surface area (Å²) in [5.41, 5.74) is 3.28. The second-order valence-electron chi connectivity index (χ2n) is 5.97. The molecule has 152 valence electrons. The number of nitrogens with two attached hydrogens (primary N) is 1. The predicted molar refractivity (Wildman–Crippen MR) is 87.8 cm³/mol. The number of oxime groups is 1. The Bertz CT molecular complexity index is 846. The van der Waals surface area contributed by atoms with Gasteiger partial charge >= 0.3 is 59.1 Å². The van der Waals surface area contributed by atoms with Crippen molar-refractivity contribution in [1.29, 1.82) is 0 Å². The standard InChI is InChI=1S/C14H17N5O8S.2Na/c1-14(2,12(24)25)27-18-9(7-5-28-13(15)17-7)10(22)16-6-3-19(11(6)23)26-4-8(20)21;;/h5-6H,3-4H2,1-2H3,(H2,15,17)(H,16,22)(H,20,21)(H,24,25);;/q;2*+1/p-2/b18-9-;;/t6-;;/m0../s1. The quantitative estimate of drug-likeness (QED) is 0.155. The second kappa shape index (κ2) is 12.0. The molecule has 1 fully saturated rings. The van der Waals surface area contributed by atoms with E-state index in [4.69, 9.17) is 10.6 Å². The van der Waals surface area contributed by atoms with Gasteiger partial charge in [0.2, 0.25) is 0 Å². The van der Waals surface area contributed by atoms with Gasteiger partial charge in [-0.15, -0.1) is 11.3 Å². The van der Waals surface area contributed by atoms with Crippen molar-refractivity contribution in [2.75, 3.05) is 18.9 Å². The molecule has 1 aliphatic heterocycles. The molecule has 2 heterocycles. The van der Waals surface area contributed by atoms with Crippen LogP contribution in [0.1, 0.15) is 19.5 Å². The van der Waals surface area contributed by atoms with Crippen LogP contribution in [0.4, 0.5) is 5.13 Å². The third-order valence-corrected chi connectivity index (χ3v) is 4.05. The van der Waals surface area contributed by atoms with Crippen LogP contribution in [-0.4, -0.2) is 64.3 Å². The Morgan fingerprint density at radius 1 is 1.40 bits per heavy atom. The number of β-lactam (4-membered cyclic amide) rings is 1. The number of hydrogen-bond acceptors (Lipinski definition) is 12. The Labute approximate surface area is 218 Å². The summed E-state index contributed by atoms with van der Waals surface area (Å²) < 4.78 is 0. The van der Waals surface area contributed by atoms with Crippen LogP contribution in [0.5, 0.6) is 0 Å². The number of nitrogens with one attached hydrogen (secondary N) is 1. The monoisotopic (exact) mass is 459 g/mol. The fourth-order valence-electron chi connectivity index (χ4n) is 1.77. The van der Waals surface area contributed by atoms with Crippen LogP contribution in [0.15, 0.2) is 10.5 Å². The van der Waals surface area contributed by atoms with Gasteiger partial charge < -0.3 is 35.7 Å². The zero-order chi connectivity index (χ0) is 21.1. The zero-order valence-electron chi connectivity index (χ0n) is 16.7. The number of aliphatic carboxylic acids is 2. The largest absolute Gasteiger partial charge is 1.00 e. The molecule has 0 unspecified atom stereocenters. The molecule has 2 rings (SSSR count). The molecule has 2 amide bonds. The maximum Gasteiger partial charge on any atom is 1.00 e. The van der Waals surface area contributed by atoms with Crippen molar-refractivity contribution >= 4 is 45.9 Å². The molecule has 1 atom stereocenters. The Morgan fingerprint density at radius 2 is 2.03 bits per heavy atom. The van der Waals surface area contributed by atoms with E-state index in [1.165, 1.54) is 19.2 Å². The van der Waals surface area contributed by atoms with Crippen molar-refractivity contribution in [2.24, 2.45) is 5.16 Å². The first-order valence-corrected chi connectivity index (χ1v) is 8.53. The van der Waals surface area contributed by atoms with Crippen molar-refractivity contribution in [3.05, 3.63) is 11.1 Å². The first kappa shape index (κ1) is 28.7. The molecule has 1 aromatic heterocycles. The number of rotatable bonds is 9. The van der Waals surface area contributed by atoms with Gasteiger partial charge in [0, 0.05) is 5.38 Å². The SMILES string of the molecule is CC(C)(O/N=C(\C(=O)N[C@H]1CN(OCC(=O)[O-])C1=O)c1csc(N)n1)C(=O)[O-].[Na+].[Na+]. The molecule has 0 aliphatic carbocycles. The van der Waals surface area contributed by atoms with Gasteiger partial charge in [-0.1, -0.05) is 5.16 Å². The molecular formula is C14H15N5Na2O8S. The maximum atomic E-state index is 12.5. The van der Waals surface area contributed by atoms with E-state index in [2.05, 4.69) is 20.3 Å². The summed E-state index contributed by atoms with van der Waals surface area (Å²) in [6.07, 6.45) is 0. The molecule has 0 saturated carbocycles. The first-order chi connectivity index (χ1) is 13.0. The van der Waals surface area contributed by atoms with Crippen molar-refractivity contribution in [3.8, 4) is 0 Å². The number of aromatic nitrogens is 1. The van der Waals surface area contributed by atoms with E-state index in [0.717, 1.165) is 16.4 Å². The van der Waals surface area contributed by atoms with E-state index in [9.17, 15) is 29.4 Å². The molecule has 0 bridgehead atoms. The van der Waals surface area contributed by atoms with E-state index in [1.807, 2.05) is 0 Å². The normalized spacial score (nSPS) is 15.9. The van der Waals surface area contributed by atoms with Crippen LogP contribution in [0.25, 0.3) is 0 Å². The van der Waals surface area contributed by atoms with E-state index in [0.29, 0.717) is 0 Å². The van der Waals surface area contributed by atoms with Crippen LogP contribution in [0.2, 0.25) is 0 Å². The fourth-order valence-corrected chi connectivity index (χ4v) is 2.32. The predicted octanol–water partition coefficient (Wildman–Crippen LogP) is -10.0. The first-order valence-electron chi connectivity index (χ1n) is 7.65. The Morgan fingerprint density at radius 3 is 2.50 bits per heavy atom. The third-order valence-electron chi connectivity index (χ3n) is 3.37. The van der Waals surface area contributed by atoms with Crippen molar-refractivity contribution < 1.29 is 98.2 Å². The van der Waals surface area contributed by atoms with Crippen molar-refractivity contribution in [2.45, 2.75) is 25.5 Å². The van der Waals surface area contributed by atoms with Gasteiger partial charge in [0.05, 0.1) is 18.5 Å². The molecular weight excluding hydrogens is 444 g/mol. The average molecular weight is 459 g/mol. The number of hydroxylamine groups is 2. The Kier molecular flexibility index (Phi) is 11.4. The summed E-state index contributed by atoms with van der Waals surface area (Å²) in [5.74, 6) is -4.66. The number of hydrogen-bond donors (Lipinski definition) is 2. The number of carboxylic acids is 2. The van der Waals surface area contributed by atoms with Gasteiger partial charge in [-0.05, 0) is 13.8 Å². The summed E-state index contributed by atoms with van der Waals surface area (Å²) in [6.45, 7) is 1.40. The molecule has 3 N–H and O–H groups in total. The molecule has 16 heteroatoms. The average Bonchev–Trinajstić information content (AvgIpc) is 3.02. The Balaban J connectivity index is 0.00000420. The molecule has 13 nitrogen and oxygen atoms in total. The fraction of sp³-hybridized carbons (Fsp3) is 0.429. The van der Waals surface area contributed by atoms with E-state index in [-0.39, 0.29) is 76.5 Å². The minimum Gasteiger partial charge on any atom is -0.548 e. The van der Waals surface area contributed by atoms with Gasteiger partial charge in [-0.25, -0.2) is 10.0 Å². The second-order valence-corrected chi connectivity index (χ2v) is 6.86. The number of carboxylic acid groups (broad SMARTS) is 2. The molecule has 0 aromatic carbocycles. The molecule has 0 spiro atoms. The van der Waals surface area contributed by atoms with E-state index < -0.39 is 47.7 Å². The van der Waals surface area contributed by atoms with Gasteiger partial charge in [0.1, 0.15) is 18.3 Å². The maximum absolute atomic E-state index is 12.5. The topological polar surface area (TPSA) is 199 Å². The summed E-state index contributed by atoms with van der Waals surface area (Å²) >= 11 is 1.00. The van der Waals surface area contributed by atoms with Crippen LogP contribution < -0.4 is 80.4 Å². The van der Waals surface area contributed by atoms with Crippen molar-refractivity contribution in [1.82, 2.24) is 15.4 Å². The van der Waals surface area contributed by atoms with Gasteiger partial charge in [-0.3, -0.25) is 14.4 Å². The van der Waals surface area contributed by atoms with Crippen molar-refractivity contribution in [3.63, 3.8) is 0 Å². The van der Waals surface area contributed by atoms with Gasteiger partial charge in [-0.2, -0.15) is 0 Å². The molecule has 1 saturated heterocycles. The van der Waals surface area contributed by atoms with Crippen LogP contribution in [-0.2, 0) is 28.9 Å². The zero-order valence-corrected chi connectivity index (χ0v) is 21.5. The number of carbonyl (C=O) groups is 4. The smallest absolute Gasteiger partial charge is 0.548 e. The van der Waals surface area contributed by atoms with Crippen LogP contribution in [0.3, 0.4) is 0 Å². The minimum absolute atomic E-state index is 0. The van der Waals surface area contributed by atoms with E-state index >= 15 is 0 Å². The Hall–Kier alpha value is -1.26. The number of thiazole rings is 1. The molecule has 30 heavy (non-hydrogen) atoms. The number of nitrogens with zero attached hydrogens (tertiary/aromatic N) is 3. The minimum atomic E-state index is -1.84. The number of nitrogen functional groups attached to an aromatic ring is 1. The number of carbonyl (C=O) groups excluding carboxylic acids is 4. The van der Waals surface area contributed by atoms with Gasteiger partial charge in [0.15, 0.2) is 16.4 Å². The number of amides is 2. The van der Waals surface area contributed by atoms with Crippen LogP contribution >= 0.6 is 11.3 Å². The summed E-state index contributed by atoms with van der Waals surface area (Å²) in [7, 11) is 0. The summed E-state index contributed by atoms with van der Waals surface area (Å²) in [4.78, 5) is 59.1. The van der Waals surface area contributed by atoms with Crippen LogP contribution in [0, 0.1) is 0 Å². The van der Waals surface area contributed by atoms with E-state index in [1.54, 1.807) is 0 Å². The summed E-state index contributed by atoms with van der Waals surface area (Å²) in [5, 5.41) is 29.5. The van der Waals surface area contributed by atoms with Gasteiger partial charge in [0.25, 0.3) is 11.8 Å². The number of anilines is 1. The molecule has 0 radical (unpaired) electrons. The summed E-state index contributed by atoms with van der Waals surface area (Å²) in [6, 6.07) is -1.01. The third kappa shape index (κ3) is 7.46. The molecule has 1 aromatic rings.